The molecule has 1 fully saturated rings. The van der Waals surface area contributed by atoms with Crippen LogP contribution in [-0.4, -0.2) is 28.3 Å². The zero-order valence-corrected chi connectivity index (χ0v) is 13.7. The summed E-state index contributed by atoms with van der Waals surface area (Å²) in [5.41, 5.74) is 2.33. The molecule has 128 valence electrons. The van der Waals surface area contributed by atoms with Gasteiger partial charge in [-0.15, -0.1) is 0 Å². The Morgan fingerprint density at radius 3 is 2.60 bits per heavy atom. The van der Waals surface area contributed by atoms with Gasteiger partial charge >= 0.3 is 6.03 Å². The molecule has 2 amide bonds. The van der Waals surface area contributed by atoms with Crippen molar-refractivity contribution < 1.29 is 14.3 Å². The second-order valence-electron chi connectivity index (χ2n) is 6.45. The normalized spacial score (nSPS) is 15.6. The number of nitrogens with zero attached hydrogens (tertiary/aromatic N) is 1. The van der Waals surface area contributed by atoms with Gasteiger partial charge in [0.25, 0.3) is 0 Å². The van der Waals surface area contributed by atoms with Gasteiger partial charge in [0, 0.05) is 17.8 Å². The Bertz CT molecular complexity index is 865. The van der Waals surface area contributed by atoms with Crippen molar-refractivity contribution >= 4 is 22.8 Å². The predicted molar refractivity (Wildman–Crippen MR) is 95.3 cm³/mol. The largest absolute Gasteiger partial charge is 0.436 e. The first-order chi connectivity index (χ1) is 12.1. The van der Waals surface area contributed by atoms with E-state index in [1.165, 1.54) is 0 Å². The Morgan fingerprint density at radius 2 is 1.92 bits per heavy atom. The lowest BCUT2D eigenvalue weighted by Crippen LogP contribution is -2.48. The third-order valence-corrected chi connectivity index (χ3v) is 4.55. The average Bonchev–Trinajstić information content (AvgIpc) is 3.03. The zero-order valence-electron chi connectivity index (χ0n) is 13.7. The number of nitrogens with one attached hydrogen (secondary N) is 2. The average molecular weight is 337 g/mol. The van der Waals surface area contributed by atoms with Crippen molar-refractivity contribution in [1.29, 1.82) is 0 Å². The van der Waals surface area contributed by atoms with Crippen LogP contribution < -0.4 is 10.6 Å². The summed E-state index contributed by atoms with van der Waals surface area (Å²) in [4.78, 5) is 16.4. The van der Waals surface area contributed by atoms with Gasteiger partial charge < -0.3 is 20.2 Å². The minimum absolute atomic E-state index is 0.278. The highest BCUT2D eigenvalue weighted by Gasteiger charge is 2.34. The van der Waals surface area contributed by atoms with Crippen molar-refractivity contribution in [2.24, 2.45) is 0 Å². The van der Waals surface area contributed by atoms with Crippen LogP contribution in [0.3, 0.4) is 0 Å². The fourth-order valence-electron chi connectivity index (χ4n) is 2.87. The summed E-state index contributed by atoms with van der Waals surface area (Å²) in [5.74, 6) is 0.546. The maximum absolute atomic E-state index is 11.9. The van der Waals surface area contributed by atoms with E-state index in [0.717, 1.165) is 35.9 Å². The lowest BCUT2D eigenvalue weighted by atomic mass is 9.80. The number of aliphatic hydroxyl groups is 1. The summed E-state index contributed by atoms with van der Waals surface area (Å²) in [7, 11) is 0. The number of oxazole rings is 1. The smallest absolute Gasteiger partial charge is 0.319 e. The van der Waals surface area contributed by atoms with Gasteiger partial charge in [0.15, 0.2) is 5.58 Å². The van der Waals surface area contributed by atoms with Gasteiger partial charge in [-0.05, 0) is 55.7 Å². The first kappa shape index (κ1) is 15.7. The molecule has 0 spiro atoms. The second-order valence-corrected chi connectivity index (χ2v) is 6.45. The molecule has 6 heteroatoms. The highest BCUT2D eigenvalue weighted by atomic mass is 16.3. The highest BCUT2D eigenvalue weighted by Crippen LogP contribution is 2.30. The monoisotopic (exact) mass is 337 g/mol. The number of benzene rings is 2. The predicted octanol–water partition coefficient (Wildman–Crippen LogP) is 3.53. The topological polar surface area (TPSA) is 87.4 Å². The molecule has 25 heavy (non-hydrogen) atoms. The molecule has 1 aromatic heterocycles. The molecule has 2 aromatic carbocycles. The van der Waals surface area contributed by atoms with Crippen molar-refractivity contribution in [3.63, 3.8) is 0 Å². The van der Waals surface area contributed by atoms with Crippen LogP contribution in [0, 0.1) is 0 Å². The van der Waals surface area contributed by atoms with Crippen molar-refractivity contribution in [2.45, 2.75) is 24.9 Å². The van der Waals surface area contributed by atoms with Crippen LogP contribution in [0.5, 0.6) is 0 Å². The van der Waals surface area contributed by atoms with Gasteiger partial charge in [-0.2, -0.15) is 0 Å². The first-order valence-corrected chi connectivity index (χ1v) is 8.35. The Hall–Kier alpha value is -2.86. The van der Waals surface area contributed by atoms with Crippen LogP contribution in [0.15, 0.2) is 52.9 Å². The number of carbonyl (C=O) groups excluding carboxylic acids is 1. The molecule has 0 saturated heterocycles. The molecule has 4 rings (SSSR count). The summed E-state index contributed by atoms with van der Waals surface area (Å²) in [6, 6.07) is 14.6. The fraction of sp³-hybridized carbons (Fsp3) is 0.263. The number of hydrogen-bond donors (Lipinski definition) is 3. The number of hydrogen-bond acceptors (Lipinski definition) is 4. The van der Waals surface area contributed by atoms with E-state index in [1.54, 1.807) is 12.1 Å². The van der Waals surface area contributed by atoms with Gasteiger partial charge in [-0.1, -0.05) is 12.1 Å². The Balaban J connectivity index is 1.40. The zero-order chi connectivity index (χ0) is 17.3. The second kappa shape index (κ2) is 6.22. The van der Waals surface area contributed by atoms with E-state index in [-0.39, 0.29) is 12.6 Å². The first-order valence-electron chi connectivity index (χ1n) is 8.35. The van der Waals surface area contributed by atoms with Crippen LogP contribution in [0.25, 0.3) is 22.6 Å². The molecule has 1 aliphatic rings. The number of anilines is 1. The SMILES string of the molecule is O=C(NCC1(O)CCC1)Nc1ccc(-c2nc3ccccc3o2)cc1. The quantitative estimate of drug-likeness (QED) is 0.679. The van der Waals surface area contributed by atoms with E-state index in [9.17, 15) is 9.90 Å². The summed E-state index contributed by atoms with van der Waals surface area (Å²) >= 11 is 0. The summed E-state index contributed by atoms with van der Waals surface area (Å²) in [6.07, 6.45) is 2.50. The van der Waals surface area contributed by atoms with E-state index < -0.39 is 5.60 Å². The van der Waals surface area contributed by atoms with Gasteiger partial charge in [-0.25, -0.2) is 9.78 Å². The molecular weight excluding hydrogens is 318 g/mol. The van der Waals surface area contributed by atoms with Crippen molar-refractivity contribution in [2.75, 3.05) is 11.9 Å². The maximum atomic E-state index is 11.9. The van der Waals surface area contributed by atoms with E-state index >= 15 is 0 Å². The van der Waals surface area contributed by atoms with Crippen molar-refractivity contribution in [3.8, 4) is 11.5 Å². The Labute approximate surface area is 144 Å². The third kappa shape index (κ3) is 3.34. The van der Waals surface area contributed by atoms with E-state index in [2.05, 4.69) is 15.6 Å². The van der Waals surface area contributed by atoms with E-state index in [4.69, 9.17) is 4.42 Å². The number of fused-ring (bicyclic) bond motifs is 1. The molecule has 0 bridgehead atoms. The standard InChI is InChI=1S/C19H19N3O3/c23-18(20-12-19(24)10-3-11-19)21-14-8-6-13(7-9-14)17-22-15-4-1-2-5-16(15)25-17/h1-2,4-9,24H,3,10-12H2,(H2,20,21,23). The summed E-state index contributed by atoms with van der Waals surface area (Å²) < 4.78 is 5.73. The van der Waals surface area contributed by atoms with Crippen molar-refractivity contribution in [3.05, 3.63) is 48.5 Å². The molecule has 6 nitrogen and oxygen atoms in total. The van der Waals surface area contributed by atoms with Crippen LogP contribution >= 0.6 is 0 Å². The summed E-state index contributed by atoms with van der Waals surface area (Å²) in [6.45, 7) is 0.278. The number of para-hydroxylation sites is 2. The number of urea groups is 1. The molecule has 1 heterocycles. The summed E-state index contributed by atoms with van der Waals surface area (Å²) in [5, 5.41) is 15.4. The van der Waals surface area contributed by atoms with Gasteiger partial charge in [0.2, 0.25) is 5.89 Å². The molecule has 0 aliphatic heterocycles. The minimum Gasteiger partial charge on any atom is -0.436 e. The Kier molecular flexibility index (Phi) is 3.89. The molecule has 1 aliphatic carbocycles. The molecule has 3 N–H and O–H groups in total. The molecule has 0 atom stereocenters. The van der Waals surface area contributed by atoms with E-state index in [1.807, 2.05) is 36.4 Å². The van der Waals surface area contributed by atoms with Crippen LogP contribution in [0.1, 0.15) is 19.3 Å². The van der Waals surface area contributed by atoms with Crippen LogP contribution in [0.2, 0.25) is 0 Å². The van der Waals surface area contributed by atoms with Crippen LogP contribution in [0.4, 0.5) is 10.5 Å². The number of carbonyl (C=O) groups is 1. The molecule has 1 saturated carbocycles. The molecule has 0 unspecified atom stereocenters. The van der Waals surface area contributed by atoms with Crippen molar-refractivity contribution in [1.82, 2.24) is 10.3 Å². The number of aromatic nitrogens is 1. The molecule has 3 aromatic rings. The lowest BCUT2D eigenvalue weighted by molar-refractivity contribution is -0.0287. The minimum atomic E-state index is -0.728. The number of rotatable bonds is 4. The van der Waals surface area contributed by atoms with Crippen LogP contribution in [-0.2, 0) is 0 Å². The lowest BCUT2D eigenvalue weighted by Gasteiger charge is -2.36. The fourth-order valence-corrected chi connectivity index (χ4v) is 2.87. The number of amides is 2. The highest BCUT2D eigenvalue weighted by molar-refractivity contribution is 5.89. The van der Waals surface area contributed by atoms with Gasteiger partial charge in [0.05, 0.1) is 5.60 Å². The Morgan fingerprint density at radius 1 is 1.16 bits per heavy atom. The third-order valence-electron chi connectivity index (χ3n) is 4.55. The maximum Gasteiger partial charge on any atom is 0.319 e. The van der Waals surface area contributed by atoms with Gasteiger partial charge in [-0.3, -0.25) is 0 Å². The van der Waals surface area contributed by atoms with E-state index in [0.29, 0.717) is 11.6 Å². The molecular formula is C19H19N3O3. The van der Waals surface area contributed by atoms with Gasteiger partial charge in [0.1, 0.15) is 5.52 Å². The molecule has 0 radical (unpaired) electrons.